The van der Waals surface area contributed by atoms with Crippen molar-refractivity contribution in [2.75, 3.05) is 0 Å². The van der Waals surface area contributed by atoms with Crippen molar-refractivity contribution in [3.05, 3.63) is 66.7 Å². The van der Waals surface area contributed by atoms with E-state index in [0.717, 1.165) is 5.56 Å². The van der Waals surface area contributed by atoms with E-state index in [9.17, 15) is 14.0 Å². The van der Waals surface area contributed by atoms with Crippen LogP contribution >= 0.6 is 23.2 Å². The maximum Gasteiger partial charge on any atom is 0.334 e. The molecule has 0 aliphatic carbocycles. The van der Waals surface area contributed by atoms with Crippen molar-refractivity contribution in [2.45, 2.75) is 19.8 Å². The zero-order valence-corrected chi connectivity index (χ0v) is 14.2. The van der Waals surface area contributed by atoms with Gasteiger partial charge in [0, 0.05) is 0 Å². The molecule has 8 heteroatoms. The van der Waals surface area contributed by atoms with Crippen LogP contribution in [0.15, 0.2) is 33.9 Å². The Labute approximate surface area is 145 Å². The zero-order valence-electron chi connectivity index (χ0n) is 12.7. The van der Waals surface area contributed by atoms with Crippen LogP contribution < -0.4 is 11.2 Å². The van der Waals surface area contributed by atoms with Crippen LogP contribution in [0.2, 0.25) is 10.2 Å². The van der Waals surface area contributed by atoms with Crippen molar-refractivity contribution in [2.24, 2.45) is 0 Å². The molecular formula is C16H12Cl2FN3O2. The summed E-state index contributed by atoms with van der Waals surface area (Å²) >= 11 is 11.7. The van der Waals surface area contributed by atoms with E-state index in [1.807, 2.05) is 26.0 Å². The van der Waals surface area contributed by atoms with Gasteiger partial charge in [-0.25, -0.2) is 18.7 Å². The number of benzene rings is 1. The van der Waals surface area contributed by atoms with Crippen LogP contribution in [0.5, 0.6) is 0 Å². The average molecular weight is 368 g/mol. The number of H-pyrrole nitrogens is 1. The van der Waals surface area contributed by atoms with E-state index in [1.54, 1.807) is 12.1 Å². The molecule has 24 heavy (non-hydrogen) atoms. The monoisotopic (exact) mass is 367 g/mol. The van der Waals surface area contributed by atoms with Gasteiger partial charge in [0.15, 0.2) is 16.6 Å². The smallest absolute Gasteiger partial charge is 0.273 e. The van der Waals surface area contributed by atoms with E-state index in [2.05, 4.69) is 9.97 Å². The summed E-state index contributed by atoms with van der Waals surface area (Å²) < 4.78 is 15.1. The van der Waals surface area contributed by atoms with Gasteiger partial charge in [0.2, 0.25) is 0 Å². The Kier molecular flexibility index (Phi) is 4.19. The molecule has 3 rings (SSSR count). The molecule has 0 aliphatic heterocycles. The summed E-state index contributed by atoms with van der Waals surface area (Å²) in [7, 11) is 0. The highest BCUT2D eigenvalue weighted by molar-refractivity contribution is 6.37. The highest BCUT2D eigenvalue weighted by atomic mass is 35.5. The topological polar surface area (TPSA) is 67.8 Å². The molecule has 124 valence electrons. The number of aromatic amines is 1. The van der Waals surface area contributed by atoms with E-state index in [4.69, 9.17) is 23.2 Å². The molecule has 0 atom stereocenters. The molecule has 0 fully saturated rings. The second-order valence-electron chi connectivity index (χ2n) is 5.54. The van der Waals surface area contributed by atoms with Gasteiger partial charge in [-0.3, -0.25) is 9.78 Å². The minimum atomic E-state index is -1.00. The molecule has 0 aliphatic rings. The van der Waals surface area contributed by atoms with Crippen LogP contribution in [0, 0.1) is 5.82 Å². The summed E-state index contributed by atoms with van der Waals surface area (Å²) in [5.74, 6) is -0.903. The summed E-state index contributed by atoms with van der Waals surface area (Å²) in [4.78, 5) is 30.5. The fourth-order valence-corrected chi connectivity index (χ4v) is 3.06. The lowest BCUT2D eigenvalue weighted by Crippen LogP contribution is -2.31. The van der Waals surface area contributed by atoms with Gasteiger partial charge in [-0.2, -0.15) is 0 Å². The van der Waals surface area contributed by atoms with Crippen molar-refractivity contribution in [3.8, 4) is 5.69 Å². The first kappa shape index (κ1) is 16.7. The molecule has 0 unspecified atom stereocenters. The molecule has 1 N–H and O–H groups in total. The van der Waals surface area contributed by atoms with Gasteiger partial charge in [0.1, 0.15) is 5.39 Å². The minimum absolute atomic E-state index is 0.0896. The predicted molar refractivity (Wildman–Crippen MR) is 92.0 cm³/mol. The van der Waals surface area contributed by atoms with Gasteiger partial charge in [-0.05, 0) is 17.5 Å². The van der Waals surface area contributed by atoms with Gasteiger partial charge < -0.3 is 0 Å². The van der Waals surface area contributed by atoms with Crippen molar-refractivity contribution >= 4 is 34.2 Å². The number of nitrogens with one attached hydrogen (secondary N) is 1. The van der Waals surface area contributed by atoms with E-state index in [-0.39, 0.29) is 17.0 Å². The quantitative estimate of drug-likeness (QED) is 0.703. The number of pyridine rings is 1. The Bertz CT molecular complexity index is 1070. The summed E-state index contributed by atoms with van der Waals surface area (Å²) in [5, 5.41) is -1.20. The van der Waals surface area contributed by atoms with E-state index in [1.165, 1.54) is 4.57 Å². The Balaban J connectivity index is 2.56. The number of hydrogen-bond donors (Lipinski definition) is 1. The number of aromatic nitrogens is 3. The van der Waals surface area contributed by atoms with Crippen molar-refractivity contribution in [3.63, 3.8) is 0 Å². The number of para-hydroxylation sites is 1. The molecule has 2 heterocycles. The summed E-state index contributed by atoms with van der Waals surface area (Å²) in [6, 6.07) is 7.15. The third-order valence-electron chi connectivity index (χ3n) is 3.68. The Morgan fingerprint density at radius 2 is 1.88 bits per heavy atom. The van der Waals surface area contributed by atoms with Crippen LogP contribution in [-0.4, -0.2) is 14.5 Å². The molecule has 0 spiro atoms. The van der Waals surface area contributed by atoms with Gasteiger partial charge in [-0.1, -0.05) is 55.2 Å². The van der Waals surface area contributed by atoms with Gasteiger partial charge in [0.05, 0.1) is 10.7 Å². The van der Waals surface area contributed by atoms with E-state index < -0.39 is 27.2 Å². The minimum Gasteiger partial charge on any atom is -0.273 e. The van der Waals surface area contributed by atoms with Crippen LogP contribution in [0.1, 0.15) is 25.3 Å². The largest absolute Gasteiger partial charge is 0.334 e. The van der Waals surface area contributed by atoms with Gasteiger partial charge >= 0.3 is 5.69 Å². The Morgan fingerprint density at radius 3 is 2.54 bits per heavy atom. The Hall–Kier alpha value is -2.18. The third-order valence-corrected chi connectivity index (χ3v) is 4.29. The lowest BCUT2D eigenvalue weighted by Gasteiger charge is -2.16. The first-order valence-electron chi connectivity index (χ1n) is 7.11. The highest BCUT2D eigenvalue weighted by Gasteiger charge is 2.21. The second-order valence-corrected chi connectivity index (χ2v) is 6.27. The van der Waals surface area contributed by atoms with Crippen LogP contribution in [0.4, 0.5) is 4.39 Å². The lowest BCUT2D eigenvalue weighted by molar-refractivity contribution is 0.624. The first-order valence-corrected chi connectivity index (χ1v) is 7.87. The molecule has 0 bridgehead atoms. The second kappa shape index (κ2) is 6.03. The maximum absolute atomic E-state index is 13.9. The number of rotatable bonds is 2. The average Bonchev–Trinajstić information content (AvgIpc) is 2.52. The zero-order chi connectivity index (χ0) is 17.6. The molecule has 1 aromatic carbocycles. The SMILES string of the molecule is CC(C)c1ccccc1-n1c(=O)[nH]c(=O)c2c(Cl)c(F)c(Cl)nc21. The van der Waals surface area contributed by atoms with Crippen LogP contribution in [0.25, 0.3) is 16.7 Å². The highest BCUT2D eigenvalue weighted by Crippen LogP contribution is 2.29. The fourth-order valence-electron chi connectivity index (χ4n) is 2.57. The molecule has 3 aromatic rings. The van der Waals surface area contributed by atoms with Crippen molar-refractivity contribution in [1.29, 1.82) is 0 Å². The molecule has 2 aromatic heterocycles. The molecule has 0 amide bonds. The molecular weight excluding hydrogens is 356 g/mol. The fraction of sp³-hybridized carbons (Fsp3) is 0.188. The van der Waals surface area contributed by atoms with Crippen LogP contribution in [0.3, 0.4) is 0 Å². The van der Waals surface area contributed by atoms with Crippen LogP contribution in [-0.2, 0) is 0 Å². The van der Waals surface area contributed by atoms with Gasteiger partial charge in [0.25, 0.3) is 5.56 Å². The summed E-state index contributed by atoms with van der Waals surface area (Å²) in [6.07, 6.45) is 0. The summed E-state index contributed by atoms with van der Waals surface area (Å²) in [5.41, 5.74) is -0.238. The maximum atomic E-state index is 13.9. The van der Waals surface area contributed by atoms with E-state index in [0.29, 0.717) is 5.69 Å². The number of hydrogen-bond acceptors (Lipinski definition) is 3. The summed E-state index contributed by atoms with van der Waals surface area (Å²) in [6.45, 7) is 3.93. The van der Waals surface area contributed by atoms with Gasteiger partial charge in [-0.15, -0.1) is 0 Å². The molecule has 0 radical (unpaired) electrons. The number of fused-ring (bicyclic) bond motifs is 1. The number of nitrogens with zero attached hydrogens (tertiary/aromatic N) is 2. The molecule has 0 saturated carbocycles. The number of halogens is 3. The first-order chi connectivity index (χ1) is 11.3. The Morgan fingerprint density at radius 1 is 1.21 bits per heavy atom. The van der Waals surface area contributed by atoms with Crippen molar-refractivity contribution in [1.82, 2.24) is 14.5 Å². The third kappa shape index (κ3) is 2.52. The van der Waals surface area contributed by atoms with E-state index >= 15 is 0 Å². The standard InChI is InChI=1S/C16H12Cl2FN3O2/c1-7(2)8-5-3-4-6-9(8)22-14-10(15(23)21-16(22)24)11(17)12(19)13(18)20-14/h3-7H,1-2H3,(H,21,23,24). The molecule has 0 saturated heterocycles. The van der Waals surface area contributed by atoms with Crippen molar-refractivity contribution < 1.29 is 4.39 Å². The normalized spacial score (nSPS) is 11.4. The molecule has 5 nitrogen and oxygen atoms in total. The lowest BCUT2D eigenvalue weighted by atomic mass is 10.0. The predicted octanol–water partition coefficient (Wildman–Crippen LogP) is 3.64.